The van der Waals surface area contributed by atoms with Crippen molar-refractivity contribution in [2.45, 2.75) is 58.2 Å². The highest BCUT2D eigenvalue weighted by molar-refractivity contribution is 9.10. The first-order chi connectivity index (χ1) is 10.4. The second-order valence-corrected chi connectivity index (χ2v) is 7.33. The molecule has 0 saturated heterocycles. The van der Waals surface area contributed by atoms with E-state index in [2.05, 4.69) is 15.9 Å². The van der Waals surface area contributed by atoms with Gasteiger partial charge in [0.1, 0.15) is 5.82 Å². The molecular weight excluding hydrogens is 347 g/mol. The summed E-state index contributed by atoms with van der Waals surface area (Å²) < 4.78 is 14.8. The third kappa shape index (κ3) is 4.29. The van der Waals surface area contributed by atoms with Gasteiger partial charge in [-0.1, -0.05) is 22.4 Å². The van der Waals surface area contributed by atoms with Gasteiger partial charge in [-0.3, -0.25) is 4.79 Å². The number of halogens is 2. The fraction of sp³-hybridized carbons (Fsp3) is 0.588. The van der Waals surface area contributed by atoms with E-state index in [9.17, 15) is 9.18 Å². The number of carbonyl (C=O) groups is 1. The Labute approximate surface area is 140 Å². The lowest BCUT2D eigenvalue weighted by molar-refractivity contribution is -0.134. The van der Waals surface area contributed by atoms with Crippen molar-refractivity contribution in [1.29, 1.82) is 0 Å². The van der Waals surface area contributed by atoms with E-state index in [1.54, 1.807) is 17.0 Å². The highest BCUT2D eigenvalue weighted by atomic mass is 79.9. The molecule has 2 N–H and O–H groups in total. The molecule has 0 unspecified atom stereocenters. The van der Waals surface area contributed by atoms with Crippen LogP contribution in [-0.4, -0.2) is 22.9 Å². The molecule has 0 radical (unpaired) electrons. The molecule has 2 rings (SSSR count). The molecule has 5 heteroatoms. The normalized spacial score (nSPS) is 21.4. The molecule has 1 fully saturated rings. The van der Waals surface area contributed by atoms with E-state index >= 15 is 0 Å². The minimum Gasteiger partial charge on any atom is -0.336 e. The molecule has 1 aliphatic rings. The maximum atomic E-state index is 13.9. The van der Waals surface area contributed by atoms with E-state index in [4.69, 9.17) is 5.73 Å². The summed E-state index contributed by atoms with van der Waals surface area (Å²) in [6, 6.07) is 4.98. The van der Waals surface area contributed by atoms with Crippen molar-refractivity contribution in [3.8, 4) is 0 Å². The average molecular weight is 371 g/mol. The van der Waals surface area contributed by atoms with Crippen LogP contribution in [0.1, 0.15) is 45.1 Å². The Kier molecular flexibility index (Phi) is 5.98. The fourth-order valence-corrected chi connectivity index (χ4v) is 3.48. The van der Waals surface area contributed by atoms with Crippen LogP contribution in [0, 0.1) is 11.7 Å². The standard InChI is InChI=1S/C17H24BrFN2O/c1-11(2)21(10-13-8-14(18)6-7-15(13)19)17(22)9-12-4-3-5-16(12)20/h6-8,11-12,16H,3-5,9-10,20H2,1-2H3/t12-,16+/m0/s1. The summed E-state index contributed by atoms with van der Waals surface area (Å²) in [5, 5.41) is 0. The van der Waals surface area contributed by atoms with Gasteiger partial charge < -0.3 is 10.6 Å². The van der Waals surface area contributed by atoms with Crippen LogP contribution in [-0.2, 0) is 11.3 Å². The lowest BCUT2D eigenvalue weighted by atomic mass is 9.99. The van der Waals surface area contributed by atoms with Gasteiger partial charge in [0.15, 0.2) is 0 Å². The van der Waals surface area contributed by atoms with Gasteiger partial charge in [0, 0.05) is 35.1 Å². The molecule has 2 atom stereocenters. The van der Waals surface area contributed by atoms with Crippen LogP contribution in [0.5, 0.6) is 0 Å². The molecule has 3 nitrogen and oxygen atoms in total. The Morgan fingerprint density at radius 3 is 2.77 bits per heavy atom. The van der Waals surface area contributed by atoms with E-state index in [1.165, 1.54) is 6.07 Å². The van der Waals surface area contributed by atoms with Gasteiger partial charge in [-0.15, -0.1) is 0 Å². The third-order valence-electron chi connectivity index (χ3n) is 4.45. The molecule has 1 aromatic carbocycles. The predicted octanol–water partition coefficient (Wildman–Crippen LogP) is 3.84. The molecule has 1 amide bonds. The fourth-order valence-electron chi connectivity index (χ4n) is 3.07. The molecule has 1 saturated carbocycles. The first kappa shape index (κ1) is 17.4. The highest BCUT2D eigenvalue weighted by Crippen LogP contribution is 2.28. The maximum Gasteiger partial charge on any atom is 0.223 e. The molecule has 0 spiro atoms. The summed E-state index contributed by atoms with van der Waals surface area (Å²) in [6.45, 7) is 4.22. The maximum absolute atomic E-state index is 13.9. The van der Waals surface area contributed by atoms with Gasteiger partial charge in [-0.2, -0.15) is 0 Å². The average Bonchev–Trinajstić information content (AvgIpc) is 2.84. The molecular formula is C17H24BrFN2O. The van der Waals surface area contributed by atoms with Crippen LogP contribution in [0.4, 0.5) is 4.39 Å². The van der Waals surface area contributed by atoms with Crippen molar-refractivity contribution >= 4 is 21.8 Å². The molecule has 0 bridgehead atoms. The second kappa shape index (κ2) is 7.55. The number of benzene rings is 1. The predicted molar refractivity (Wildman–Crippen MR) is 89.7 cm³/mol. The minimum absolute atomic E-state index is 0.0310. The minimum atomic E-state index is -0.279. The van der Waals surface area contributed by atoms with Gasteiger partial charge in [0.05, 0.1) is 0 Å². The van der Waals surface area contributed by atoms with Gasteiger partial charge in [0.25, 0.3) is 0 Å². The summed E-state index contributed by atoms with van der Waals surface area (Å²) in [5.41, 5.74) is 6.60. The van der Waals surface area contributed by atoms with Gasteiger partial charge in [-0.25, -0.2) is 4.39 Å². The van der Waals surface area contributed by atoms with E-state index in [0.29, 0.717) is 18.5 Å². The molecule has 0 aromatic heterocycles. The van der Waals surface area contributed by atoms with Crippen LogP contribution < -0.4 is 5.73 Å². The van der Waals surface area contributed by atoms with E-state index in [0.717, 1.165) is 23.7 Å². The van der Waals surface area contributed by atoms with Gasteiger partial charge in [-0.05, 0) is 50.8 Å². The number of hydrogen-bond donors (Lipinski definition) is 1. The Bertz CT molecular complexity index is 535. The smallest absolute Gasteiger partial charge is 0.223 e. The van der Waals surface area contributed by atoms with Crippen molar-refractivity contribution in [2.24, 2.45) is 11.7 Å². The van der Waals surface area contributed by atoms with Crippen molar-refractivity contribution in [2.75, 3.05) is 0 Å². The Morgan fingerprint density at radius 1 is 1.45 bits per heavy atom. The van der Waals surface area contributed by atoms with E-state index < -0.39 is 0 Å². The van der Waals surface area contributed by atoms with Crippen molar-refractivity contribution in [1.82, 2.24) is 4.90 Å². The van der Waals surface area contributed by atoms with Crippen molar-refractivity contribution in [3.63, 3.8) is 0 Å². The quantitative estimate of drug-likeness (QED) is 0.855. The van der Waals surface area contributed by atoms with Crippen LogP contribution in [0.15, 0.2) is 22.7 Å². The number of nitrogens with zero attached hydrogens (tertiary/aromatic N) is 1. The van der Waals surface area contributed by atoms with Crippen molar-refractivity contribution in [3.05, 3.63) is 34.1 Å². The van der Waals surface area contributed by atoms with Crippen LogP contribution in [0.3, 0.4) is 0 Å². The first-order valence-electron chi connectivity index (χ1n) is 7.87. The number of nitrogens with two attached hydrogens (primary N) is 1. The second-order valence-electron chi connectivity index (χ2n) is 6.41. The van der Waals surface area contributed by atoms with Crippen LogP contribution in [0.2, 0.25) is 0 Å². The first-order valence-corrected chi connectivity index (χ1v) is 8.66. The SMILES string of the molecule is CC(C)N(Cc1cc(Br)ccc1F)C(=O)C[C@@H]1CCC[C@H]1N. The largest absolute Gasteiger partial charge is 0.336 e. The number of carbonyl (C=O) groups excluding carboxylic acids is 1. The summed E-state index contributed by atoms with van der Waals surface area (Å²) in [7, 11) is 0. The van der Waals surface area contributed by atoms with Crippen LogP contribution >= 0.6 is 15.9 Å². The molecule has 1 aromatic rings. The summed E-state index contributed by atoms with van der Waals surface area (Å²) >= 11 is 3.35. The number of amides is 1. The molecule has 0 heterocycles. The van der Waals surface area contributed by atoms with Crippen LogP contribution in [0.25, 0.3) is 0 Å². The number of hydrogen-bond acceptors (Lipinski definition) is 2. The van der Waals surface area contributed by atoms with Gasteiger partial charge >= 0.3 is 0 Å². The topological polar surface area (TPSA) is 46.3 Å². The zero-order chi connectivity index (χ0) is 16.3. The summed E-state index contributed by atoms with van der Waals surface area (Å²) in [6.07, 6.45) is 3.58. The molecule has 22 heavy (non-hydrogen) atoms. The van der Waals surface area contributed by atoms with Crippen molar-refractivity contribution < 1.29 is 9.18 Å². The third-order valence-corrected chi connectivity index (χ3v) is 4.94. The summed E-state index contributed by atoms with van der Waals surface area (Å²) in [4.78, 5) is 14.4. The number of rotatable bonds is 5. The Morgan fingerprint density at radius 2 is 2.18 bits per heavy atom. The zero-order valence-electron chi connectivity index (χ0n) is 13.2. The lowest BCUT2D eigenvalue weighted by Crippen LogP contribution is -2.39. The molecule has 0 aliphatic heterocycles. The lowest BCUT2D eigenvalue weighted by Gasteiger charge is -2.29. The Hall–Kier alpha value is -0.940. The summed E-state index contributed by atoms with van der Waals surface area (Å²) in [5.74, 6) is 0.0528. The monoisotopic (exact) mass is 370 g/mol. The molecule has 1 aliphatic carbocycles. The molecule has 122 valence electrons. The van der Waals surface area contributed by atoms with Gasteiger partial charge in [0.2, 0.25) is 5.91 Å². The van der Waals surface area contributed by atoms with E-state index in [-0.39, 0.29) is 29.7 Å². The van der Waals surface area contributed by atoms with E-state index in [1.807, 2.05) is 13.8 Å². The Balaban J connectivity index is 2.09. The zero-order valence-corrected chi connectivity index (χ0v) is 14.8. The highest BCUT2D eigenvalue weighted by Gasteiger charge is 2.29.